The van der Waals surface area contributed by atoms with Crippen molar-refractivity contribution in [2.45, 2.75) is 6.54 Å². The summed E-state index contributed by atoms with van der Waals surface area (Å²) in [4.78, 5) is 46.5. The molecule has 1 aliphatic heterocycles. The van der Waals surface area contributed by atoms with Gasteiger partial charge in [0.15, 0.2) is 0 Å². The van der Waals surface area contributed by atoms with E-state index < -0.39 is 4.92 Å². The van der Waals surface area contributed by atoms with Crippen molar-refractivity contribution in [2.24, 2.45) is 0 Å². The fraction of sp³-hybridized carbons (Fsp3) is 0.346. The minimum atomic E-state index is -0.424. The number of rotatable bonds is 10. The number of hydrogen-bond acceptors (Lipinski definition) is 9. The lowest BCUT2D eigenvalue weighted by molar-refractivity contribution is -0.384. The molecular formula is C26H30N6O6S. The van der Waals surface area contributed by atoms with Gasteiger partial charge in [-0.3, -0.25) is 14.9 Å². The molecule has 1 aromatic heterocycles. The molecule has 0 radical (unpaired) electrons. The number of methoxy groups -OCH3 is 2. The Morgan fingerprint density at radius 1 is 1.08 bits per heavy atom. The van der Waals surface area contributed by atoms with Crippen molar-refractivity contribution < 1.29 is 24.0 Å². The SMILES string of the molecule is COCCN(Cc1nc(C(=O)N2CCN(c3ccc([N+](=O)[O-])cc3)CC2)cs1)C(=O)Nc1ccc(OC)cc1. The molecule has 12 nitrogen and oxygen atoms in total. The van der Waals surface area contributed by atoms with Crippen LogP contribution in [0.5, 0.6) is 5.75 Å². The molecule has 1 fully saturated rings. The van der Waals surface area contributed by atoms with E-state index in [1.807, 2.05) is 0 Å². The second-order valence-corrected chi connectivity index (χ2v) is 9.69. The summed E-state index contributed by atoms with van der Waals surface area (Å²) in [7, 11) is 3.15. The van der Waals surface area contributed by atoms with Gasteiger partial charge in [0.2, 0.25) is 0 Å². The maximum Gasteiger partial charge on any atom is 0.322 e. The molecule has 1 aliphatic rings. The van der Waals surface area contributed by atoms with Crippen LogP contribution >= 0.6 is 11.3 Å². The van der Waals surface area contributed by atoms with Crippen LogP contribution in [0.25, 0.3) is 0 Å². The molecule has 1 N–H and O–H groups in total. The Morgan fingerprint density at radius 3 is 2.38 bits per heavy atom. The quantitative estimate of drug-likeness (QED) is 0.297. The van der Waals surface area contributed by atoms with Crippen molar-refractivity contribution in [1.82, 2.24) is 14.8 Å². The van der Waals surface area contributed by atoms with Crippen molar-refractivity contribution in [3.05, 3.63) is 74.7 Å². The number of thiazole rings is 1. The molecule has 0 aliphatic carbocycles. The minimum absolute atomic E-state index is 0.0471. The lowest BCUT2D eigenvalue weighted by Crippen LogP contribution is -2.48. The number of non-ortho nitro benzene ring substituents is 1. The van der Waals surface area contributed by atoms with E-state index in [1.165, 1.54) is 23.5 Å². The number of nitrogens with zero attached hydrogens (tertiary/aromatic N) is 5. The Labute approximate surface area is 229 Å². The molecule has 3 aromatic rings. The van der Waals surface area contributed by atoms with Gasteiger partial charge < -0.3 is 29.5 Å². The highest BCUT2D eigenvalue weighted by atomic mass is 32.1. The van der Waals surface area contributed by atoms with Gasteiger partial charge in [0.1, 0.15) is 16.5 Å². The number of urea groups is 1. The van der Waals surface area contributed by atoms with Gasteiger partial charge in [-0.25, -0.2) is 9.78 Å². The number of carbonyl (C=O) groups excluding carboxylic acids is 2. The average Bonchev–Trinajstić information content (AvgIpc) is 3.44. The maximum atomic E-state index is 13.1. The third-order valence-corrected chi connectivity index (χ3v) is 7.12. The first-order chi connectivity index (χ1) is 18.9. The number of amides is 3. The van der Waals surface area contributed by atoms with Crippen LogP contribution in [0, 0.1) is 10.1 Å². The summed E-state index contributed by atoms with van der Waals surface area (Å²) in [5.74, 6) is 0.531. The predicted molar refractivity (Wildman–Crippen MR) is 148 cm³/mol. The van der Waals surface area contributed by atoms with Gasteiger partial charge in [0.25, 0.3) is 11.6 Å². The van der Waals surface area contributed by atoms with Gasteiger partial charge in [0, 0.05) is 68.7 Å². The Balaban J connectivity index is 1.34. The summed E-state index contributed by atoms with van der Waals surface area (Å²) < 4.78 is 10.3. The zero-order valence-electron chi connectivity index (χ0n) is 21.7. The van der Waals surface area contributed by atoms with Crippen molar-refractivity contribution in [3.63, 3.8) is 0 Å². The van der Waals surface area contributed by atoms with E-state index >= 15 is 0 Å². The Hall–Kier alpha value is -4.23. The fourth-order valence-corrected chi connectivity index (χ4v) is 4.87. The van der Waals surface area contributed by atoms with E-state index in [4.69, 9.17) is 9.47 Å². The van der Waals surface area contributed by atoms with Crippen LogP contribution < -0.4 is 15.0 Å². The number of carbonyl (C=O) groups is 2. The number of anilines is 2. The van der Waals surface area contributed by atoms with Crippen LogP contribution in [0.1, 0.15) is 15.5 Å². The second kappa shape index (κ2) is 13.0. The highest BCUT2D eigenvalue weighted by molar-refractivity contribution is 7.09. The first-order valence-electron chi connectivity index (χ1n) is 12.3. The van der Waals surface area contributed by atoms with Crippen LogP contribution in [0.15, 0.2) is 53.9 Å². The largest absolute Gasteiger partial charge is 0.497 e. The lowest BCUT2D eigenvalue weighted by atomic mass is 10.2. The number of nitro groups is 1. The van der Waals surface area contributed by atoms with Crippen LogP contribution in [-0.2, 0) is 11.3 Å². The summed E-state index contributed by atoms with van der Waals surface area (Å²) in [6, 6.07) is 13.2. The van der Waals surface area contributed by atoms with E-state index in [2.05, 4.69) is 15.2 Å². The van der Waals surface area contributed by atoms with Crippen LogP contribution in [0.4, 0.5) is 21.9 Å². The Morgan fingerprint density at radius 2 is 1.77 bits per heavy atom. The number of piperazine rings is 1. The minimum Gasteiger partial charge on any atom is -0.497 e. The zero-order chi connectivity index (χ0) is 27.8. The topological polar surface area (TPSA) is 130 Å². The maximum absolute atomic E-state index is 13.1. The van der Waals surface area contributed by atoms with Crippen LogP contribution in [-0.4, -0.2) is 85.2 Å². The number of benzene rings is 2. The van der Waals surface area contributed by atoms with Gasteiger partial charge in [-0.2, -0.15) is 0 Å². The number of aromatic nitrogens is 1. The molecule has 0 unspecified atom stereocenters. The molecule has 2 heterocycles. The smallest absolute Gasteiger partial charge is 0.322 e. The van der Waals surface area contributed by atoms with Crippen molar-refractivity contribution in [3.8, 4) is 5.75 Å². The molecule has 0 atom stereocenters. The molecule has 13 heteroatoms. The highest BCUT2D eigenvalue weighted by Gasteiger charge is 2.25. The Bertz CT molecular complexity index is 1270. The first-order valence-corrected chi connectivity index (χ1v) is 13.2. The van der Waals surface area contributed by atoms with Gasteiger partial charge in [-0.1, -0.05) is 0 Å². The summed E-state index contributed by atoms with van der Waals surface area (Å²) >= 11 is 1.33. The molecule has 39 heavy (non-hydrogen) atoms. The molecule has 1 saturated heterocycles. The highest BCUT2D eigenvalue weighted by Crippen LogP contribution is 2.22. The third-order valence-electron chi connectivity index (χ3n) is 6.28. The summed E-state index contributed by atoms with van der Waals surface area (Å²) in [5.41, 5.74) is 1.91. The van der Waals surface area contributed by atoms with Crippen molar-refractivity contribution in [2.75, 3.05) is 63.8 Å². The lowest BCUT2D eigenvalue weighted by Gasteiger charge is -2.35. The average molecular weight is 555 g/mol. The fourth-order valence-electron chi connectivity index (χ4n) is 4.09. The Kier molecular flexibility index (Phi) is 9.28. The van der Waals surface area contributed by atoms with Gasteiger partial charge in [0.05, 0.1) is 25.2 Å². The van der Waals surface area contributed by atoms with E-state index in [0.29, 0.717) is 61.5 Å². The molecular weight excluding hydrogens is 524 g/mol. The molecule has 3 amide bonds. The predicted octanol–water partition coefficient (Wildman–Crippen LogP) is 3.70. The number of hydrogen-bond donors (Lipinski definition) is 1. The summed E-state index contributed by atoms with van der Waals surface area (Å²) in [5, 5.41) is 16.1. The van der Waals surface area contributed by atoms with E-state index in [-0.39, 0.29) is 24.2 Å². The standard InChI is InChI=1S/C26H30N6O6S/c1-37-16-15-31(26(34)27-19-3-9-22(38-2)10-4-19)17-24-28-23(18-39-24)25(33)30-13-11-29(12-14-30)20-5-7-21(8-6-20)32(35)36/h3-10,18H,11-17H2,1-2H3,(H,27,34). The van der Waals surface area contributed by atoms with Gasteiger partial charge >= 0.3 is 6.03 Å². The van der Waals surface area contributed by atoms with Gasteiger partial charge in [-0.15, -0.1) is 11.3 Å². The monoisotopic (exact) mass is 554 g/mol. The molecule has 0 saturated carbocycles. The van der Waals surface area contributed by atoms with Crippen molar-refractivity contribution in [1.29, 1.82) is 0 Å². The second-order valence-electron chi connectivity index (χ2n) is 8.75. The molecule has 206 valence electrons. The number of nitrogens with one attached hydrogen (secondary N) is 1. The molecule has 4 rings (SSSR count). The van der Waals surface area contributed by atoms with E-state index in [1.54, 1.807) is 65.8 Å². The summed E-state index contributed by atoms with van der Waals surface area (Å²) in [6.45, 7) is 3.17. The summed E-state index contributed by atoms with van der Waals surface area (Å²) in [6.07, 6.45) is 0. The van der Waals surface area contributed by atoms with E-state index in [9.17, 15) is 19.7 Å². The first kappa shape index (κ1) is 27.8. The van der Waals surface area contributed by atoms with Crippen LogP contribution in [0.3, 0.4) is 0 Å². The third kappa shape index (κ3) is 7.21. The number of ether oxygens (including phenoxy) is 2. The van der Waals surface area contributed by atoms with Crippen molar-refractivity contribution >= 4 is 40.3 Å². The molecule has 0 bridgehead atoms. The van der Waals surface area contributed by atoms with E-state index in [0.717, 1.165) is 5.69 Å². The van der Waals surface area contributed by atoms with Crippen LogP contribution in [0.2, 0.25) is 0 Å². The molecule has 0 spiro atoms. The van der Waals surface area contributed by atoms with Gasteiger partial charge in [-0.05, 0) is 36.4 Å². The number of nitro benzene ring substituents is 1. The zero-order valence-corrected chi connectivity index (χ0v) is 22.6. The molecule has 2 aromatic carbocycles. The normalized spacial score (nSPS) is 13.2.